The number of rotatable bonds is 3. The van der Waals surface area contributed by atoms with Crippen molar-refractivity contribution in [2.75, 3.05) is 18.8 Å². The highest BCUT2D eigenvalue weighted by molar-refractivity contribution is 5.97. The van der Waals surface area contributed by atoms with Crippen LogP contribution in [0.15, 0.2) is 6.20 Å². The second-order valence-corrected chi connectivity index (χ2v) is 4.37. The molecule has 100 valence electrons. The molecule has 2 rings (SSSR count). The molecule has 18 heavy (non-hydrogen) atoms. The number of nitrogens with two attached hydrogens (primary N) is 1. The maximum absolute atomic E-state index is 12.4. The molecule has 1 amide bonds. The Kier molecular flexibility index (Phi) is 3.78. The third-order valence-electron chi connectivity index (χ3n) is 3.02. The van der Waals surface area contributed by atoms with E-state index in [-0.39, 0.29) is 17.3 Å². The van der Waals surface area contributed by atoms with E-state index in [2.05, 4.69) is 5.10 Å². The van der Waals surface area contributed by atoms with Crippen LogP contribution >= 0.6 is 0 Å². The van der Waals surface area contributed by atoms with Gasteiger partial charge in [-0.1, -0.05) is 0 Å². The smallest absolute Gasteiger partial charge is 0.274 e. The van der Waals surface area contributed by atoms with Crippen molar-refractivity contribution in [2.45, 2.75) is 32.2 Å². The van der Waals surface area contributed by atoms with Crippen LogP contribution in [0, 0.1) is 0 Å². The minimum absolute atomic E-state index is 0.0807. The second-order valence-electron chi connectivity index (χ2n) is 4.37. The van der Waals surface area contributed by atoms with Crippen molar-refractivity contribution >= 4 is 11.6 Å². The van der Waals surface area contributed by atoms with Gasteiger partial charge in [0.15, 0.2) is 0 Å². The Bertz CT molecular complexity index is 427. The Morgan fingerprint density at radius 1 is 1.39 bits per heavy atom. The lowest BCUT2D eigenvalue weighted by Crippen LogP contribution is -2.37. The summed E-state index contributed by atoms with van der Waals surface area (Å²) in [5.41, 5.74) is 5.89. The molecule has 1 aliphatic heterocycles. The van der Waals surface area contributed by atoms with Crippen molar-refractivity contribution in [1.82, 2.24) is 14.7 Å². The van der Waals surface area contributed by atoms with Crippen LogP contribution in [0.2, 0.25) is 0 Å². The van der Waals surface area contributed by atoms with Crippen molar-refractivity contribution in [3.63, 3.8) is 0 Å². The number of nitrogen functional groups attached to an aromatic ring is 1. The van der Waals surface area contributed by atoms with Crippen LogP contribution in [0.25, 0.3) is 0 Å². The zero-order valence-corrected chi connectivity index (χ0v) is 9.98. The van der Waals surface area contributed by atoms with Gasteiger partial charge in [0, 0.05) is 13.1 Å². The zero-order chi connectivity index (χ0) is 13.1. The van der Waals surface area contributed by atoms with E-state index in [9.17, 15) is 13.6 Å². The van der Waals surface area contributed by atoms with Crippen molar-refractivity contribution < 1.29 is 13.6 Å². The zero-order valence-electron chi connectivity index (χ0n) is 9.98. The summed E-state index contributed by atoms with van der Waals surface area (Å²) in [5, 5.41) is 3.74. The van der Waals surface area contributed by atoms with E-state index in [1.54, 1.807) is 4.90 Å². The van der Waals surface area contributed by atoms with Gasteiger partial charge in [0.25, 0.3) is 12.3 Å². The van der Waals surface area contributed by atoms with Crippen LogP contribution in [0.4, 0.5) is 14.5 Å². The number of alkyl halides is 2. The van der Waals surface area contributed by atoms with Crippen LogP contribution in [-0.2, 0) is 6.54 Å². The van der Waals surface area contributed by atoms with Crippen molar-refractivity contribution in [3.05, 3.63) is 11.9 Å². The minimum Gasteiger partial charge on any atom is -0.396 e. The van der Waals surface area contributed by atoms with Gasteiger partial charge in [-0.05, 0) is 19.3 Å². The molecule has 7 heteroatoms. The van der Waals surface area contributed by atoms with Gasteiger partial charge in [0.05, 0.1) is 11.9 Å². The molecule has 1 saturated heterocycles. The van der Waals surface area contributed by atoms with Crippen molar-refractivity contribution in [2.24, 2.45) is 0 Å². The van der Waals surface area contributed by atoms with E-state index < -0.39 is 13.0 Å². The van der Waals surface area contributed by atoms with Crippen LogP contribution < -0.4 is 5.73 Å². The molecular formula is C11H16F2N4O. The lowest BCUT2D eigenvalue weighted by Gasteiger charge is -2.27. The molecule has 2 heterocycles. The lowest BCUT2D eigenvalue weighted by molar-refractivity contribution is 0.0700. The molecule has 1 aromatic rings. The first-order chi connectivity index (χ1) is 8.59. The summed E-state index contributed by atoms with van der Waals surface area (Å²) in [6.45, 7) is 0.697. The van der Waals surface area contributed by atoms with Gasteiger partial charge in [0.2, 0.25) is 0 Å². The van der Waals surface area contributed by atoms with E-state index in [1.807, 2.05) is 0 Å². The standard InChI is InChI=1S/C11H16F2N4O/c12-9(13)7-17-10(8(14)6-15-17)11(18)16-4-2-1-3-5-16/h6,9H,1-5,7,14H2. The van der Waals surface area contributed by atoms with E-state index in [4.69, 9.17) is 5.73 Å². The summed E-state index contributed by atoms with van der Waals surface area (Å²) in [6.07, 6.45) is 1.66. The number of aromatic nitrogens is 2. The van der Waals surface area contributed by atoms with Gasteiger partial charge in [0.1, 0.15) is 12.2 Å². The van der Waals surface area contributed by atoms with Gasteiger partial charge in [-0.3, -0.25) is 9.48 Å². The van der Waals surface area contributed by atoms with Crippen LogP contribution in [0.3, 0.4) is 0 Å². The van der Waals surface area contributed by atoms with E-state index in [1.165, 1.54) is 6.20 Å². The summed E-state index contributed by atoms with van der Waals surface area (Å²) < 4.78 is 25.8. The molecule has 0 aromatic carbocycles. The van der Waals surface area contributed by atoms with Gasteiger partial charge in [-0.25, -0.2) is 8.78 Å². The molecule has 1 aromatic heterocycles. The molecule has 0 unspecified atom stereocenters. The van der Waals surface area contributed by atoms with Crippen LogP contribution in [-0.4, -0.2) is 40.1 Å². The van der Waals surface area contributed by atoms with E-state index in [0.29, 0.717) is 13.1 Å². The predicted octanol–water partition coefficient (Wildman–Crippen LogP) is 1.36. The SMILES string of the molecule is Nc1cnn(CC(F)F)c1C(=O)N1CCCCC1. The monoisotopic (exact) mass is 258 g/mol. The number of carbonyl (C=O) groups excluding carboxylic acids is 1. The van der Waals surface area contributed by atoms with Gasteiger partial charge < -0.3 is 10.6 Å². The third-order valence-corrected chi connectivity index (χ3v) is 3.02. The normalized spacial score (nSPS) is 16.3. The highest BCUT2D eigenvalue weighted by atomic mass is 19.3. The summed E-state index contributed by atoms with van der Waals surface area (Å²) in [7, 11) is 0. The fourth-order valence-corrected chi connectivity index (χ4v) is 2.15. The maximum Gasteiger partial charge on any atom is 0.274 e. The molecule has 0 bridgehead atoms. The Morgan fingerprint density at radius 3 is 2.67 bits per heavy atom. The van der Waals surface area contributed by atoms with E-state index in [0.717, 1.165) is 23.9 Å². The summed E-state index contributed by atoms with van der Waals surface area (Å²) in [4.78, 5) is 13.9. The number of halogens is 2. The largest absolute Gasteiger partial charge is 0.396 e. The highest BCUT2D eigenvalue weighted by Gasteiger charge is 2.25. The topological polar surface area (TPSA) is 64.1 Å². The average molecular weight is 258 g/mol. The lowest BCUT2D eigenvalue weighted by atomic mass is 10.1. The number of hydrogen-bond acceptors (Lipinski definition) is 3. The summed E-state index contributed by atoms with van der Waals surface area (Å²) in [6, 6.07) is 0. The number of hydrogen-bond donors (Lipinski definition) is 1. The number of anilines is 1. The van der Waals surface area contributed by atoms with Crippen LogP contribution in [0.1, 0.15) is 29.8 Å². The molecular weight excluding hydrogens is 242 g/mol. The first-order valence-electron chi connectivity index (χ1n) is 5.98. The second kappa shape index (κ2) is 5.32. The molecule has 0 aliphatic carbocycles. The Hall–Kier alpha value is -1.66. The number of piperidine rings is 1. The fraction of sp³-hybridized carbons (Fsp3) is 0.636. The maximum atomic E-state index is 12.4. The molecule has 5 nitrogen and oxygen atoms in total. The molecule has 0 radical (unpaired) electrons. The highest BCUT2D eigenvalue weighted by Crippen LogP contribution is 2.18. The quantitative estimate of drug-likeness (QED) is 0.890. The molecule has 0 saturated carbocycles. The number of carbonyl (C=O) groups is 1. The fourth-order valence-electron chi connectivity index (χ4n) is 2.15. The average Bonchev–Trinajstić information content (AvgIpc) is 2.70. The summed E-state index contributed by atoms with van der Waals surface area (Å²) >= 11 is 0. The minimum atomic E-state index is -2.56. The van der Waals surface area contributed by atoms with Crippen LogP contribution in [0.5, 0.6) is 0 Å². The molecule has 0 atom stereocenters. The van der Waals surface area contributed by atoms with Gasteiger partial charge in [-0.2, -0.15) is 5.10 Å². The Morgan fingerprint density at radius 2 is 2.06 bits per heavy atom. The molecule has 2 N–H and O–H groups in total. The Balaban J connectivity index is 2.20. The third kappa shape index (κ3) is 2.60. The molecule has 0 spiro atoms. The van der Waals surface area contributed by atoms with Crippen molar-refractivity contribution in [3.8, 4) is 0 Å². The Labute approximate surface area is 104 Å². The first kappa shape index (κ1) is 12.8. The van der Waals surface area contributed by atoms with Gasteiger partial charge in [-0.15, -0.1) is 0 Å². The number of nitrogens with zero attached hydrogens (tertiary/aromatic N) is 3. The van der Waals surface area contributed by atoms with Crippen molar-refractivity contribution in [1.29, 1.82) is 0 Å². The van der Waals surface area contributed by atoms with E-state index >= 15 is 0 Å². The summed E-state index contributed by atoms with van der Waals surface area (Å²) in [5.74, 6) is -0.301. The molecule has 1 fully saturated rings. The predicted molar refractivity (Wildman–Crippen MR) is 62.4 cm³/mol. The number of likely N-dealkylation sites (tertiary alicyclic amines) is 1. The molecule has 1 aliphatic rings. The van der Waals surface area contributed by atoms with Gasteiger partial charge >= 0.3 is 0 Å². The number of amides is 1. The first-order valence-corrected chi connectivity index (χ1v) is 5.98.